The van der Waals surface area contributed by atoms with E-state index in [1.165, 1.54) is 5.56 Å². The number of aliphatic hydroxyl groups is 1. The minimum Gasteiger partial charge on any atom is -0.488 e. The van der Waals surface area contributed by atoms with E-state index in [-0.39, 0.29) is 37.0 Å². The molecule has 0 saturated carbocycles. The summed E-state index contributed by atoms with van der Waals surface area (Å²) >= 11 is 0. The minimum atomic E-state index is -0.256. The molecule has 0 bridgehead atoms. The van der Waals surface area contributed by atoms with E-state index in [1.54, 1.807) is 0 Å². The van der Waals surface area contributed by atoms with Crippen molar-refractivity contribution in [3.8, 4) is 17.2 Å². The quantitative estimate of drug-likeness (QED) is 0.427. The molecule has 1 N–H and O–H groups in total. The van der Waals surface area contributed by atoms with Gasteiger partial charge in [-0.3, -0.25) is 9.69 Å². The van der Waals surface area contributed by atoms with Crippen molar-refractivity contribution in [1.29, 1.82) is 0 Å². The summed E-state index contributed by atoms with van der Waals surface area (Å²) in [7, 11) is 6.06. The normalized spacial score (nSPS) is 18.4. The van der Waals surface area contributed by atoms with E-state index in [9.17, 15) is 9.90 Å². The number of amides is 1. The van der Waals surface area contributed by atoms with Crippen molar-refractivity contribution in [2.24, 2.45) is 5.92 Å². The number of aliphatic hydroxyl groups excluding tert-OH is 1. The number of hydrogen-bond acceptors (Lipinski definition) is 6. The summed E-state index contributed by atoms with van der Waals surface area (Å²) in [6.45, 7) is 5.91. The Morgan fingerprint density at radius 2 is 1.72 bits per heavy atom. The van der Waals surface area contributed by atoms with Crippen LogP contribution in [0.5, 0.6) is 17.2 Å². The van der Waals surface area contributed by atoms with Gasteiger partial charge in [0.25, 0.3) is 0 Å². The van der Waals surface area contributed by atoms with Gasteiger partial charge in [0.1, 0.15) is 23.4 Å². The third-order valence-electron chi connectivity index (χ3n) is 7.26. The standard InChI is InChI=1S/C32H41N3O4/c1-23-19-35(24(2)22-36)32(37)18-26-17-27(33(3)4)13-16-30(26)39-31(23)21-34(5)20-25-11-14-29(15-12-25)38-28-9-7-6-8-10-28/h6-17,23-24,31,36H,18-22H2,1-5H3/t23-,24+,31+/m1/s1. The molecule has 3 atom stereocenters. The molecule has 0 saturated heterocycles. The van der Waals surface area contributed by atoms with Gasteiger partial charge >= 0.3 is 0 Å². The van der Waals surface area contributed by atoms with E-state index >= 15 is 0 Å². The molecule has 1 aliphatic rings. The SMILES string of the molecule is C[C@@H]1CN([C@@H](C)CO)C(=O)Cc2cc(N(C)C)ccc2O[C@H]1CN(C)Cc1ccc(Oc2ccccc2)cc1. The van der Waals surface area contributed by atoms with E-state index in [1.807, 2.05) is 91.5 Å². The molecular weight excluding hydrogens is 490 g/mol. The lowest BCUT2D eigenvalue weighted by atomic mass is 10.0. The molecule has 39 heavy (non-hydrogen) atoms. The molecule has 0 radical (unpaired) electrons. The van der Waals surface area contributed by atoms with Crippen molar-refractivity contribution in [3.63, 3.8) is 0 Å². The zero-order chi connectivity index (χ0) is 27.9. The van der Waals surface area contributed by atoms with Gasteiger partial charge in [0.2, 0.25) is 5.91 Å². The molecule has 1 amide bonds. The van der Waals surface area contributed by atoms with E-state index in [2.05, 4.69) is 31.0 Å². The maximum absolute atomic E-state index is 13.3. The number of carbonyl (C=O) groups excluding carboxylic acids is 1. The maximum atomic E-state index is 13.3. The highest BCUT2D eigenvalue weighted by Gasteiger charge is 2.31. The Bertz CT molecular complexity index is 1220. The van der Waals surface area contributed by atoms with Gasteiger partial charge in [-0.2, -0.15) is 0 Å². The number of anilines is 1. The maximum Gasteiger partial charge on any atom is 0.227 e. The van der Waals surface area contributed by atoms with Crippen LogP contribution in [0.25, 0.3) is 0 Å². The molecule has 3 aromatic carbocycles. The predicted molar refractivity (Wildman–Crippen MR) is 156 cm³/mol. The third kappa shape index (κ3) is 7.52. The first-order valence-electron chi connectivity index (χ1n) is 13.6. The van der Waals surface area contributed by atoms with Crippen LogP contribution in [0.3, 0.4) is 0 Å². The molecule has 0 aromatic heterocycles. The van der Waals surface area contributed by atoms with Crippen LogP contribution in [-0.4, -0.2) is 73.8 Å². The molecule has 1 heterocycles. The molecule has 0 unspecified atom stereocenters. The third-order valence-corrected chi connectivity index (χ3v) is 7.26. The van der Waals surface area contributed by atoms with E-state index < -0.39 is 0 Å². The number of benzene rings is 3. The Balaban J connectivity index is 1.50. The van der Waals surface area contributed by atoms with Crippen molar-refractivity contribution >= 4 is 11.6 Å². The van der Waals surface area contributed by atoms with Crippen LogP contribution < -0.4 is 14.4 Å². The smallest absolute Gasteiger partial charge is 0.227 e. The Kier molecular flexibility index (Phi) is 9.49. The van der Waals surface area contributed by atoms with Crippen LogP contribution in [0.15, 0.2) is 72.8 Å². The van der Waals surface area contributed by atoms with Gasteiger partial charge in [0.05, 0.1) is 19.1 Å². The lowest BCUT2D eigenvalue weighted by Gasteiger charge is -2.34. The Hall–Kier alpha value is -3.55. The van der Waals surface area contributed by atoms with Crippen LogP contribution >= 0.6 is 0 Å². The van der Waals surface area contributed by atoms with Gasteiger partial charge in [-0.05, 0) is 62.0 Å². The summed E-state index contributed by atoms with van der Waals surface area (Å²) in [6, 6.07) is 23.7. The number of para-hydroxylation sites is 1. The fourth-order valence-electron chi connectivity index (χ4n) is 4.88. The molecule has 1 aliphatic heterocycles. The van der Waals surface area contributed by atoms with Crippen molar-refractivity contribution in [1.82, 2.24) is 9.80 Å². The molecule has 7 nitrogen and oxygen atoms in total. The first-order chi connectivity index (χ1) is 18.7. The number of hydrogen-bond donors (Lipinski definition) is 1. The molecule has 0 spiro atoms. The Morgan fingerprint density at radius 1 is 1.03 bits per heavy atom. The summed E-state index contributed by atoms with van der Waals surface area (Å²) in [4.78, 5) is 19.4. The van der Waals surface area contributed by atoms with Crippen molar-refractivity contribution in [2.75, 3.05) is 45.7 Å². The molecule has 0 fully saturated rings. The number of rotatable bonds is 9. The Labute approximate surface area is 232 Å². The minimum absolute atomic E-state index is 0.0102. The predicted octanol–water partition coefficient (Wildman–Crippen LogP) is 4.83. The van der Waals surface area contributed by atoms with Crippen LogP contribution in [0.4, 0.5) is 5.69 Å². The second-order valence-electron chi connectivity index (χ2n) is 10.8. The summed E-state index contributed by atoms with van der Waals surface area (Å²) in [5, 5.41) is 9.86. The molecule has 0 aliphatic carbocycles. The summed E-state index contributed by atoms with van der Waals surface area (Å²) < 4.78 is 12.6. The monoisotopic (exact) mass is 531 g/mol. The average molecular weight is 532 g/mol. The van der Waals surface area contributed by atoms with E-state index in [4.69, 9.17) is 9.47 Å². The van der Waals surface area contributed by atoms with Crippen molar-refractivity contribution in [2.45, 2.75) is 39.0 Å². The van der Waals surface area contributed by atoms with Gasteiger partial charge in [-0.25, -0.2) is 0 Å². The number of carbonyl (C=O) groups is 1. The number of fused-ring (bicyclic) bond motifs is 1. The molecule has 3 aromatic rings. The number of likely N-dealkylation sites (N-methyl/N-ethyl adjacent to an activating group) is 1. The van der Waals surface area contributed by atoms with Gasteiger partial charge in [0, 0.05) is 50.9 Å². The van der Waals surface area contributed by atoms with Crippen LogP contribution in [0.1, 0.15) is 25.0 Å². The largest absolute Gasteiger partial charge is 0.488 e. The van der Waals surface area contributed by atoms with Gasteiger partial charge in [0.15, 0.2) is 0 Å². The first-order valence-corrected chi connectivity index (χ1v) is 13.6. The summed E-state index contributed by atoms with van der Waals surface area (Å²) in [5.74, 6) is 2.44. The van der Waals surface area contributed by atoms with E-state index in [0.29, 0.717) is 13.1 Å². The lowest BCUT2D eigenvalue weighted by molar-refractivity contribution is -0.134. The van der Waals surface area contributed by atoms with E-state index in [0.717, 1.165) is 35.0 Å². The second kappa shape index (κ2) is 13.0. The molecule has 4 rings (SSSR count). The highest BCUT2D eigenvalue weighted by atomic mass is 16.5. The highest BCUT2D eigenvalue weighted by Crippen LogP contribution is 2.30. The fourth-order valence-corrected chi connectivity index (χ4v) is 4.88. The molecule has 208 valence electrons. The Morgan fingerprint density at radius 3 is 2.38 bits per heavy atom. The number of ether oxygens (including phenoxy) is 2. The van der Waals surface area contributed by atoms with Gasteiger partial charge in [-0.1, -0.05) is 37.3 Å². The van der Waals surface area contributed by atoms with Gasteiger partial charge < -0.3 is 24.4 Å². The zero-order valence-corrected chi connectivity index (χ0v) is 23.7. The van der Waals surface area contributed by atoms with Crippen molar-refractivity contribution in [3.05, 3.63) is 83.9 Å². The van der Waals surface area contributed by atoms with Crippen LogP contribution in [0.2, 0.25) is 0 Å². The lowest BCUT2D eigenvalue weighted by Crippen LogP contribution is -2.47. The first kappa shape index (κ1) is 28.5. The zero-order valence-electron chi connectivity index (χ0n) is 23.7. The topological polar surface area (TPSA) is 65.5 Å². The summed E-state index contributed by atoms with van der Waals surface area (Å²) in [5.41, 5.74) is 3.07. The fraction of sp³-hybridized carbons (Fsp3) is 0.406. The average Bonchev–Trinajstić information content (AvgIpc) is 2.97. The van der Waals surface area contributed by atoms with Gasteiger partial charge in [-0.15, -0.1) is 0 Å². The van der Waals surface area contributed by atoms with Crippen molar-refractivity contribution < 1.29 is 19.4 Å². The number of nitrogens with zero attached hydrogens (tertiary/aromatic N) is 3. The second-order valence-corrected chi connectivity index (χ2v) is 10.8. The molecule has 7 heteroatoms. The van der Waals surface area contributed by atoms with Crippen LogP contribution in [0, 0.1) is 5.92 Å². The highest BCUT2D eigenvalue weighted by molar-refractivity contribution is 5.80. The van der Waals surface area contributed by atoms with Crippen LogP contribution in [-0.2, 0) is 17.8 Å². The summed E-state index contributed by atoms with van der Waals surface area (Å²) in [6.07, 6.45) is 0.104. The molecular formula is C32H41N3O4.